The predicted octanol–water partition coefficient (Wildman–Crippen LogP) is 5.55. The molecule has 2 N–H and O–H groups in total. The van der Waals surface area contributed by atoms with Crippen LogP contribution in [0.5, 0.6) is 0 Å². The van der Waals surface area contributed by atoms with E-state index in [-0.39, 0.29) is 5.41 Å². The van der Waals surface area contributed by atoms with Crippen LogP contribution in [0.3, 0.4) is 0 Å². The molecule has 0 heterocycles. The van der Waals surface area contributed by atoms with E-state index in [1.807, 2.05) is 0 Å². The lowest BCUT2D eigenvalue weighted by atomic mass is 9.75. The number of benzene rings is 1. The molecule has 0 unspecified atom stereocenters. The van der Waals surface area contributed by atoms with Crippen molar-refractivity contribution in [1.82, 2.24) is 0 Å². The van der Waals surface area contributed by atoms with Crippen molar-refractivity contribution in [3.05, 3.63) is 35.4 Å². The van der Waals surface area contributed by atoms with E-state index in [1.165, 1.54) is 23.1 Å². The van der Waals surface area contributed by atoms with Crippen molar-refractivity contribution in [3.63, 3.8) is 0 Å². The molecule has 0 amide bonds. The van der Waals surface area contributed by atoms with Gasteiger partial charge in [-0.3, -0.25) is 0 Å². The summed E-state index contributed by atoms with van der Waals surface area (Å²) in [6.45, 7) is 11.6. The first-order valence-corrected chi connectivity index (χ1v) is 7.84. The lowest BCUT2D eigenvalue weighted by molar-refractivity contribution is 0.335. The highest BCUT2D eigenvalue weighted by molar-refractivity contribution is 5.76. The van der Waals surface area contributed by atoms with Gasteiger partial charge in [0.15, 0.2) is 0 Å². The van der Waals surface area contributed by atoms with Crippen molar-refractivity contribution in [2.75, 3.05) is 5.73 Å². The number of hydrogen-bond acceptors (Lipinski definition) is 1. The van der Waals surface area contributed by atoms with E-state index < -0.39 is 0 Å². The molecule has 1 heteroatoms. The van der Waals surface area contributed by atoms with Gasteiger partial charge in [0.1, 0.15) is 0 Å². The van der Waals surface area contributed by atoms with Crippen LogP contribution in [0.15, 0.2) is 24.3 Å². The Bertz CT molecular complexity index is 521. The zero-order valence-corrected chi connectivity index (χ0v) is 13.7. The van der Waals surface area contributed by atoms with Gasteiger partial charge < -0.3 is 5.73 Å². The Labute approximate surface area is 124 Å². The van der Waals surface area contributed by atoms with Gasteiger partial charge in [0.25, 0.3) is 0 Å². The van der Waals surface area contributed by atoms with E-state index in [9.17, 15) is 0 Å². The van der Waals surface area contributed by atoms with E-state index in [0.717, 1.165) is 24.9 Å². The van der Waals surface area contributed by atoms with E-state index in [1.54, 1.807) is 0 Å². The number of hydrogen-bond donors (Lipinski definition) is 1. The fraction of sp³-hybridized carbons (Fsp3) is 0.579. The second-order valence-electron chi connectivity index (χ2n) is 7.64. The lowest BCUT2D eigenvalue weighted by Gasteiger charge is -2.30. The molecule has 2 rings (SSSR count). The van der Waals surface area contributed by atoms with Crippen molar-refractivity contribution in [2.45, 2.75) is 65.7 Å². The summed E-state index contributed by atoms with van der Waals surface area (Å²) in [6.07, 6.45) is 7.09. The molecule has 20 heavy (non-hydrogen) atoms. The van der Waals surface area contributed by atoms with E-state index in [0.29, 0.717) is 5.41 Å². The van der Waals surface area contributed by atoms with Crippen molar-refractivity contribution >= 4 is 11.3 Å². The Morgan fingerprint density at radius 3 is 2.50 bits per heavy atom. The normalized spacial score (nSPS) is 18.8. The second kappa shape index (κ2) is 5.27. The Morgan fingerprint density at radius 2 is 1.95 bits per heavy atom. The average Bonchev–Trinajstić information content (AvgIpc) is 2.39. The number of anilines is 1. The van der Waals surface area contributed by atoms with Crippen molar-refractivity contribution in [3.8, 4) is 0 Å². The molecule has 1 nitrogen and oxygen atoms in total. The number of nitrogen functional groups attached to an aromatic ring is 1. The zero-order valence-electron chi connectivity index (χ0n) is 13.7. The van der Waals surface area contributed by atoms with Crippen LogP contribution in [-0.4, -0.2) is 0 Å². The SMILES string of the molecule is CCC(C)(C)c1ccc(N)c(C2=CCC(C)(C)CC2)c1. The monoisotopic (exact) mass is 271 g/mol. The molecular formula is C19H29N. The summed E-state index contributed by atoms with van der Waals surface area (Å²) in [6, 6.07) is 6.60. The molecule has 110 valence electrons. The third-order valence-electron chi connectivity index (χ3n) is 5.04. The van der Waals surface area contributed by atoms with Gasteiger partial charge in [-0.2, -0.15) is 0 Å². The van der Waals surface area contributed by atoms with Gasteiger partial charge in [0.2, 0.25) is 0 Å². The smallest absolute Gasteiger partial charge is 0.0390 e. The molecule has 0 saturated carbocycles. The summed E-state index contributed by atoms with van der Waals surface area (Å²) < 4.78 is 0. The minimum absolute atomic E-state index is 0.219. The number of nitrogens with two attached hydrogens (primary N) is 1. The molecule has 0 saturated heterocycles. The molecular weight excluding hydrogens is 242 g/mol. The standard InChI is InChI=1S/C19H29N/c1-6-19(4,5)15-7-8-17(20)16(13-15)14-9-11-18(2,3)12-10-14/h7-9,13H,6,10-12,20H2,1-5H3. The Kier molecular flexibility index (Phi) is 4.00. The first-order valence-electron chi connectivity index (χ1n) is 7.84. The van der Waals surface area contributed by atoms with Crippen LogP contribution in [-0.2, 0) is 5.41 Å². The topological polar surface area (TPSA) is 26.0 Å². The summed E-state index contributed by atoms with van der Waals surface area (Å²) in [5.74, 6) is 0. The molecule has 0 spiro atoms. The zero-order chi connectivity index (χ0) is 15.0. The molecule has 0 bridgehead atoms. The van der Waals surface area contributed by atoms with Crippen molar-refractivity contribution in [2.24, 2.45) is 5.41 Å². The maximum absolute atomic E-state index is 6.23. The molecule has 1 aliphatic rings. The van der Waals surface area contributed by atoms with Gasteiger partial charge >= 0.3 is 0 Å². The average molecular weight is 271 g/mol. The predicted molar refractivity (Wildman–Crippen MR) is 89.8 cm³/mol. The van der Waals surface area contributed by atoms with Gasteiger partial charge in [0, 0.05) is 11.3 Å². The van der Waals surface area contributed by atoms with Gasteiger partial charge in [-0.25, -0.2) is 0 Å². The molecule has 0 radical (unpaired) electrons. The van der Waals surface area contributed by atoms with Crippen molar-refractivity contribution in [1.29, 1.82) is 0 Å². The third kappa shape index (κ3) is 3.08. The maximum atomic E-state index is 6.23. The van der Waals surface area contributed by atoms with Gasteiger partial charge in [-0.15, -0.1) is 0 Å². The Morgan fingerprint density at radius 1 is 1.25 bits per heavy atom. The Hall–Kier alpha value is -1.24. The molecule has 0 aromatic heterocycles. The second-order valence-corrected chi connectivity index (χ2v) is 7.64. The fourth-order valence-corrected chi connectivity index (χ4v) is 2.78. The molecule has 0 atom stereocenters. The van der Waals surface area contributed by atoms with Crippen LogP contribution >= 0.6 is 0 Å². The summed E-state index contributed by atoms with van der Waals surface area (Å²) >= 11 is 0. The quantitative estimate of drug-likeness (QED) is 0.717. The summed E-state index contributed by atoms with van der Waals surface area (Å²) in [7, 11) is 0. The fourth-order valence-electron chi connectivity index (χ4n) is 2.78. The van der Waals surface area contributed by atoms with Crippen LogP contribution in [0.2, 0.25) is 0 Å². The highest BCUT2D eigenvalue weighted by atomic mass is 14.6. The van der Waals surface area contributed by atoms with Gasteiger partial charge in [0.05, 0.1) is 0 Å². The van der Waals surface area contributed by atoms with E-state index in [2.05, 4.69) is 58.9 Å². The highest BCUT2D eigenvalue weighted by Crippen LogP contribution is 2.40. The largest absolute Gasteiger partial charge is 0.398 e. The van der Waals surface area contributed by atoms with Gasteiger partial charge in [-0.1, -0.05) is 46.8 Å². The van der Waals surface area contributed by atoms with Crippen LogP contribution in [0.4, 0.5) is 5.69 Å². The highest BCUT2D eigenvalue weighted by Gasteiger charge is 2.24. The Balaban J connectivity index is 2.38. The molecule has 1 aliphatic carbocycles. The molecule has 0 aliphatic heterocycles. The maximum Gasteiger partial charge on any atom is 0.0390 e. The number of allylic oxidation sites excluding steroid dienone is 2. The first kappa shape index (κ1) is 15.2. The van der Waals surface area contributed by atoms with Crippen LogP contribution in [0, 0.1) is 5.41 Å². The number of rotatable bonds is 3. The minimum atomic E-state index is 0.219. The summed E-state index contributed by atoms with van der Waals surface area (Å²) in [5, 5.41) is 0. The third-order valence-corrected chi connectivity index (χ3v) is 5.04. The van der Waals surface area contributed by atoms with Crippen LogP contribution in [0.25, 0.3) is 5.57 Å². The lowest BCUT2D eigenvalue weighted by Crippen LogP contribution is -2.17. The molecule has 0 fully saturated rings. The van der Waals surface area contributed by atoms with Crippen LogP contribution < -0.4 is 5.73 Å². The molecule has 1 aromatic carbocycles. The van der Waals surface area contributed by atoms with Crippen LogP contribution in [0.1, 0.15) is 71.4 Å². The van der Waals surface area contributed by atoms with E-state index in [4.69, 9.17) is 5.73 Å². The summed E-state index contributed by atoms with van der Waals surface area (Å²) in [5.41, 5.74) is 11.9. The van der Waals surface area contributed by atoms with E-state index >= 15 is 0 Å². The van der Waals surface area contributed by atoms with Gasteiger partial charge in [-0.05, 0) is 59.8 Å². The first-order chi connectivity index (χ1) is 9.25. The minimum Gasteiger partial charge on any atom is -0.398 e. The summed E-state index contributed by atoms with van der Waals surface area (Å²) in [4.78, 5) is 0. The van der Waals surface area contributed by atoms with Crippen molar-refractivity contribution < 1.29 is 0 Å². The molecule has 1 aromatic rings.